The minimum absolute atomic E-state index is 0.145. The maximum absolute atomic E-state index is 10.3. The van der Waals surface area contributed by atoms with E-state index in [0.717, 1.165) is 29.8 Å². The third-order valence-electron chi connectivity index (χ3n) is 3.52. The van der Waals surface area contributed by atoms with E-state index >= 15 is 0 Å². The van der Waals surface area contributed by atoms with Crippen molar-refractivity contribution in [3.05, 3.63) is 35.4 Å². The fourth-order valence-corrected chi connectivity index (χ4v) is 2.63. The van der Waals surface area contributed by atoms with Crippen molar-refractivity contribution in [2.75, 3.05) is 0 Å². The van der Waals surface area contributed by atoms with Crippen molar-refractivity contribution in [2.45, 2.75) is 53.0 Å². The summed E-state index contributed by atoms with van der Waals surface area (Å²) in [5.41, 5.74) is 4.19. The van der Waals surface area contributed by atoms with Crippen LogP contribution in [-0.2, 0) is 12.0 Å². The Hall–Kier alpha value is -1.77. The molecule has 0 fully saturated rings. The standard InChI is InChI=1S/C17H24N2O/c1-6-11-19-15(13-10-8-7-9-12(13)2)14(16(20)18-19)17(3,4)5/h7-10H,6,11H2,1-5H3,(H,18,20). The van der Waals surface area contributed by atoms with Crippen molar-refractivity contribution in [3.8, 4) is 17.1 Å². The van der Waals surface area contributed by atoms with Gasteiger partial charge < -0.3 is 5.11 Å². The molecule has 20 heavy (non-hydrogen) atoms. The number of nitrogens with zero attached hydrogens (tertiary/aromatic N) is 2. The lowest BCUT2D eigenvalue weighted by Gasteiger charge is -2.21. The third-order valence-corrected chi connectivity index (χ3v) is 3.52. The molecule has 108 valence electrons. The Morgan fingerprint density at radius 3 is 2.40 bits per heavy atom. The zero-order valence-electron chi connectivity index (χ0n) is 13.1. The van der Waals surface area contributed by atoms with Crippen molar-refractivity contribution in [1.82, 2.24) is 9.78 Å². The summed E-state index contributed by atoms with van der Waals surface area (Å²) in [6, 6.07) is 8.28. The molecular weight excluding hydrogens is 248 g/mol. The quantitative estimate of drug-likeness (QED) is 0.906. The number of aromatic hydroxyl groups is 1. The first-order chi connectivity index (χ1) is 9.36. The summed E-state index contributed by atoms with van der Waals surface area (Å²) in [7, 11) is 0. The molecule has 0 saturated carbocycles. The summed E-state index contributed by atoms with van der Waals surface area (Å²) in [6.45, 7) is 11.4. The van der Waals surface area contributed by atoms with Gasteiger partial charge in [-0.1, -0.05) is 52.0 Å². The molecule has 0 radical (unpaired) electrons. The normalized spacial score (nSPS) is 11.8. The van der Waals surface area contributed by atoms with E-state index in [1.54, 1.807) is 0 Å². The summed E-state index contributed by atoms with van der Waals surface area (Å²) in [4.78, 5) is 0. The number of rotatable bonds is 3. The number of benzene rings is 1. The van der Waals surface area contributed by atoms with Gasteiger partial charge in [0.25, 0.3) is 0 Å². The van der Waals surface area contributed by atoms with E-state index < -0.39 is 0 Å². The van der Waals surface area contributed by atoms with Gasteiger partial charge in [-0.25, -0.2) is 0 Å². The zero-order chi connectivity index (χ0) is 14.9. The lowest BCUT2D eigenvalue weighted by molar-refractivity contribution is 0.420. The molecule has 0 saturated heterocycles. The second kappa shape index (κ2) is 5.31. The first kappa shape index (κ1) is 14.6. The van der Waals surface area contributed by atoms with Gasteiger partial charge in [-0.2, -0.15) is 0 Å². The predicted molar refractivity (Wildman–Crippen MR) is 83.1 cm³/mol. The predicted octanol–water partition coefficient (Wildman–Crippen LogP) is 4.27. The fourth-order valence-electron chi connectivity index (χ4n) is 2.63. The van der Waals surface area contributed by atoms with Crippen LogP contribution in [-0.4, -0.2) is 14.9 Å². The molecule has 0 atom stereocenters. The summed E-state index contributed by atoms with van der Waals surface area (Å²) in [5, 5.41) is 14.7. The average molecular weight is 272 g/mol. The van der Waals surface area contributed by atoms with Crippen LogP contribution >= 0.6 is 0 Å². The second-order valence-corrected chi connectivity index (χ2v) is 6.34. The first-order valence-electron chi connectivity index (χ1n) is 7.22. The molecular formula is C17H24N2O. The molecule has 2 aromatic rings. The maximum atomic E-state index is 10.3. The Balaban J connectivity index is 2.75. The van der Waals surface area contributed by atoms with Crippen LogP contribution < -0.4 is 0 Å². The molecule has 2 rings (SSSR count). The van der Waals surface area contributed by atoms with E-state index in [1.807, 2.05) is 16.8 Å². The molecule has 0 bridgehead atoms. The van der Waals surface area contributed by atoms with Crippen LogP contribution in [0, 0.1) is 6.92 Å². The van der Waals surface area contributed by atoms with Crippen LogP contribution in [0.5, 0.6) is 5.88 Å². The number of hydrogen-bond acceptors (Lipinski definition) is 2. The Labute approximate surface area is 121 Å². The van der Waals surface area contributed by atoms with Crippen LogP contribution in [0.2, 0.25) is 0 Å². The lowest BCUT2D eigenvalue weighted by atomic mass is 9.84. The van der Waals surface area contributed by atoms with Crippen molar-refractivity contribution in [3.63, 3.8) is 0 Å². The van der Waals surface area contributed by atoms with E-state index in [1.165, 1.54) is 5.56 Å². The first-order valence-corrected chi connectivity index (χ1v) is 7.22. The van der Waals surface area contributed by atoms with Crippen molar-refractivity contribution in [1.29, 1.82) is 0 Å². The molecule has 0 amide bonds. The topological polar surface area (TPSA) is 38.0 Å². The van der Waals surface area contributed by atoms with E-state index in [2.05, 4.69) is 51.9 Å². The van der Waals surface area contributed by atoms with E-state index in [0.29, 0.717) is 0 Å². The van der Waals surface area contributed by atoms with E-state index in [9.17, 15) is 5.11 Å². The van der Waals surface area contributed by atoms with Gasteiger partial charge in [-0.15, -0.1) is 5.10 Å². The van der Waals surface area contributed by atoms with Crippen molar-refractivity contribution >= 4 is 0 Å². The van der Waals surface area contributed by atoms with Gasteiger partial charge in [0.15, 0.2) is 0 Å². The molecule has 3 nitrogen and oxygen atoms in total. The van der Waals surface area contributed by atoms with Gasteiger partial charge in [0.2, 0.25) is 5.88 Å². The number of aromatic nitrogens is 2. The molecule has 1 aromatic carbocycles. The molecule has 0 spiro atoms. The maximum Gasteiger partial charge on any atom is 0.234 e. The second-order valence-electron chi connectivity index (χ2n) is 6.34. The van der Waals surface area contributed by atoms with Crippen LogP contribution in [0.25, 0.3) is 11.3 Å². The van der Waals surface area contributed by atoms with Crippen molar-refractivity contribution in [2.24, 2.45) is 0 Å². The number of aryl methyl sites for hydroxylation is 2. The van der Waals surface area contributed by atoms with Crippen LogP contribution in [0.3, 0.4) is 0 Å². The van der Waals surface area contributed by atoms with E-state index in [4.69, 9.17) is 0 Å². The Morgan fingerprint density at radius 1 is 1.20 bits per heavy atom. The number of hydrogen-bond donors (Lipinski definition) is 1. The Bertz CT molecular complexity index is 606. The smallest absolute Gasteiger partial charge is 0.234 e. The summed E-state index contributed by atoms with van der Waals surface area (Å²) in [6.07, 6.45) is 0.990. The zero-order valence-corrected chi connectivity index (χ0v) is 13.1. The monoisotopic (exact) mass is 272 g/mol. The van der Waals surface area contributed by atoms with Gasteiger partial charge in [0.1, 0.15) is 0 Å². The SMILES string of the molecule is CCCn1nc(O)c(C(C)(C)C)c1-c1ccccc1C. The largest absolute Gasteiger partial charge is 0.492 e. The van der Waals surface area contributed by atoms with Gasteiger partial charge in [-0.05, 0) is 24.3 Å². The van der Waals surface area contributed by atoms with Crippen LogP contribution in [0.4, 0.5) is 0 Å². The highest BCUT2D eigenvalue weighted by Gasteiger charge is 2.28. The van der Waals surface area contributed by atoms with Crippen LogP contribution in [0.1, 0.15) is 45.2 Å². The Kier molecular flexibility index (Phi) is 3.89. The summed E-state index contributed by atoms with van der Waals surface area (Å²) < 4.78 is 1.94. The van der Waals surface area contributed by atoms with E-state index in [-0.39, 0.29) is 11.3 Å². The van der Waals surface area contributed by atoms with Crippen molar-refractivity contribution < 1.29 is 5.11 Å². The fraction of sp³-hybridized carbons (Fsp3) is 0.471. The molecule has 1 heterocycles. The minimum atomic E-state index is -0.145. The minimum Gasteiger partial charge on any atom is -0.492 e. The van der Waals surface area contributed by atoms with Crippen LogP contribution in [0.15, 0.2) is 24.3 Å². The molecule has 1 aromatic heterocycles. The summed E-state index contributed by atoms with van der Waals surface area (Å²) in [5.74, 6) is 0.157. The molecule has 0 aliphatic carbocycles. The highest BCUT2D eigenvalue weighted by Crippen LogP contribution is 2.39. The molecule has 3 heteroatoms. The molecule has 0 unspecified atom stereocenters. The Morgan fingerprint density at radius 2 is 1.85 bits per heavy atom. The molecule has 0 aliphatic rings. The van der Waals surface area contributed by atoms with Gasteiger partial charge in [-0.3, -0.25) is 4.68 Å². The average Bonchev–Trinajstić information content (AvgIpc) is 2.66. The van der Waals surface area contributed by atoms with Gasteiger partial charge in [0, 0.05) is 17.7 Å². The lowest BCUT2D eigenvalue weighted by Crippen LogP contribution is -2.13. The summed E-state index contributed by atoms with van der Waals surface area (Å²) >= 11 is 0. The molecule has 1 N–H and O–H groups in total. The third kappa shape index (κ3) is 2.58. The highest BCUT2D eigenvalue weighted by atomic mass is 16.3. The molecule has 0 aliphatic heterocycles. The van der Waals surface area contributed by atoms with Gasteiger partial charge >= 0.3 is 0 Å². The van der Waals surface area contributed by atoms with Gasteiger partial charge in [0.05, 0.1) is 5.69 Å². The highest BCUT2D eigenvalue weighted by molar-refractivity contribution is 5.70.